The Morgan fingerprint density at radius 2 is 2.29 bits per heavy atom. The quantitative estimate of drug-likeness (QED) is 0.828. The van der Waals surface area contributed by atoms with Gasteiger partial charge in [-0.05, 0) is 13.3 Å². The summed E-state index contributed by atoms with van der Waals surface area (Å²) in [6, 6.07) is 0. The molecular formula is C9H17ClFN3. The molecule has 0 amide bonds. The van der Waals surface area contributed by atoms with Crippen molar-refractivity contribution in [1.29, 1.82) is 0 Å². The number of hydrogen-bond donors (Lipinski definition) is 1. The largest absolute Gasteiger partial charge is 0.370 e. The summed E-state index contributed by atoms with van der Waals surface area (Å²) in [4.78, 5) is 0. The first-order valence-corrected chi connectivity index (χ1v) is 4.61. The summed E-state index contributed by atoms with van der Waals surface area (Å²) in [5, 5.41) is 7.30. The molecule has 0 spiro atoms. The lowest BCUT2D eigenvalue weighted by Crippen LogP contribution is -2.10. The number of halogens is 2. The number of alkyl halides is 1. The topological polar surface area (TPSA) is 29.9 Å². The fraction of sp³-hybridized carbons (Fsp3) is 0.667. The van der Waals surface area contributed by atoms with Gasteiger partial charge in [0.1, 0.15) is 12.5 Å². The fourth-order valence-corrected chi connectivity index (χ4v) is 1.20. The molecule has 0 aliphatic heterocycles. The summed E-state index contributed by atoms with van der Waals surface area (Å²) >= 11 is 0. The van der Waals surface area contributed by atoms with E-state index in [0.717, 1.165) is 24.3 Å². The predicted octanol–water partition coefficient (Wildman–Crippen LogP) is 2.40. The Labute approximate surface area is 90.1 Å². The van der Waals surface area contributed by atoms with Gasteiger partial charge in [0.25, 0.3) is 0 Å². The third-order valence-corrected chi connectivity index (χ3v) is 1.86. The molecule has 0 saturated heterocycles. The molecule has 1 aromatic rings. The summed E-state index contributed by atoms with van der Waals surface area (Å²) in [5.41, 5.74) is 1.07. The molecule has 0 atom stereocenters. The molecule has 0 aliphatic rings. The lowest BCUT2D eigenvalue weighted by Gasteiger charge is -2.08. The van der Waals surface area contributed by atoms with Gasteiger partial charge in [0.15, 0.2) is 0 Å². The first kappa shape index (κ1) is 13.2. The van der Waals surface area contributed by atoms with E-state index in [0.29, 0.717) is 6.54 Å². The zero-order valence-electron chi connectivity index (χ0n) is 8.59. The minimum Gasteiger partial charge on any atom is -0.370 e. The molecule has 14 heavy (non-hydrogen) atoms. The number of anilines is 1. The van der Waals surface area contributed by atoms with E-state index in [1.54, 1.807) is 10.9 Å². The van der Waals surface area contributed by atoms with E-state index >= 15 is 0 Å². The molecule has 1 rings (SSSR count). The van der Waals surface area contributed by atoms with Crippen molar-refractivity contribution in [3.05, 3.63) is 11.8 Å². The molecule has 0 unspecified atom stereocenters. The Morgan fingerprint density at radius 3 is 2.86 bits per heavy atom. The van der Waals surface area contributed by atoms with Gasteiger partial charge in [-0.3, -0.25) is 0 Å². The van der Waals surface area contributed by atoms with Gasteiger partial charge < -0.3 is 5.32 Å². The van der Waals surface area contributed by atoms with Gasteiger partial charge in [-0.1, -0.05) is 6.92 Å². The van der Waals surface area contributed by atoms with Crippen LogP contribution in [0.1, 0.15) is 18.9 Å². The van der Waals surface area contributed by atoms with Crippen molar-refractivity contribution in [2.45, 2.75) is 26.8 Å². The van der Waals surface area contributed by atoms with Gasteiger partial charge in [-0.15, -0.1) is 12.4 Å². The van der Waals surface area contributed by atoms with Crippen molar-refractivity contribution >= 4 is 18.2 Å². The molecule has 0 saturated carbocycles. The van der Waals surface area contributed by atoms with Crippen LogP contribution in [0.4, 0.5) is 10.2 Å². The SMILES string of the molecule is CCCNc1c(C)cnn1CCF.Cl. The minimum atomic E-state index is -0.373. The van der Waals surface area contributed by atoms with E-state index in [1.807, 2.05) is 6.92 Å². The maximum atomic E-state index is 12.1. The average Bonchev–Trinajstić information content (AvgIpc) is 2.45. The van der Waals surface area contributed by atoms with Crippen LogP contribution in [-0.4, -0.2) is 23.0 Å². The van der Waals surface area contributed by atoms with Crippen LogP contribution in [0.3, 0.4) is 0 Å². The molecule has 0 aromatic carbocycles. The molecule has 1 N–H and O–H groups in total. The van der Waals surface area contributed by atoms with E-state index in [9.17, 15) is 4.39 Å². The van der Waals surface area contributed by atoms with Crippen molar-refractivity contribution in [3.63, 3.8) is 0 Å². The molecule has 0 radical (unpaired) electrons. The summed E-state index contributed by atoms with van der Waals surface area (Å²) in [5.74, 6) is 0.944. The number of aromatic nitrogens is 2. The summed E-state index contributed by atoms with van der Waals surface area (Å²) < 4.78 is 13.8. The second-order valence-corrected chi connectivity index (χ2v) is 3.02. The van der Waals surface area contributed by atoms with Gasteiger partial charge in [0.05, 0.1) is 12.7 Å². The second-order valence-electron chi connectivity index (χ2n) is 3.02. The summed E-state index contributed by atoms with van der Waals surface area (Å²) in [6.45, 7) is 4.93. The lowest BCUT2D eigenvalue weighted by molar-refractivity contribution is 0.429. The number of rotatable bonds is 5. The Kier molecular flexibility index (Phi) is 6.28. The van der Waals surface area contributed by atoms with Crippen LogP contribution in [0.25, 0.3) is 0 Å². The van der Waals surface area contributed by atoms with Crippen LogP contribution in [0, 0.1) is 6.92 Å². The van der Waals surface area contributed by atoms with Crippen LogP contribution in [0.5, 0.6) is 0 Å². The first-order chi connectivity index (χ1) is 6.29. The molecular weight excluding hydrogens is 205 g/mol. The van der Waals surface area contributed by atoms with E-state index in [4.69, 9.17) is 0 Å². The monoisotopic (exact) mass is 221 g/mol. The van der Waals surface area contributed by atoms with Crippen LogP contribution < -0.4 is 5.32 Å². The van der Waals surface area contributed by atoms with Crippen molar-refractivity contribution in [2.24, 2.45) is 0 Å². The maximum Gasteiger partial charge on any atom is 0.127 e. The van der Waals surface area contributed by atoms with Crippen molar-refractivity contribution in [3.8, 4) is 0 Å². The van der Waals surface area contributed by atoms with E-state index in [1.165, 1.54) is 0 Å². The van der Waals surface area contributed by atoms with Crippen molar-refractivity contribution in [2.75, 3.05) is 18.5 Å². The van der Waals surface area contributed by atoms with Gasteiger partial charge in [-0.25, -0.2) is 9.07 Å². The van der Waals surface area contributed by atoms with E-state index < -0.39 is 0 Å². The third-order valence-electron chi connectivity index (χ3n) is 1.86. The standard InChI is InChI=1S/C9H16FN3.ClH/c1-3-5-11-9-8(2)7-12-13(9)6-4-10;/h7,11H,3-6H2,1-2H3;1H. The summed E-state index contributed by atoms with van der Waals surface area (Å²) in [6.07, 6.45) is 2.81. The number of aryl methyl sites for hydroxylation is 2. The lowest BCUT2D eigenvalue weighted by atomic mass is 10.3. The molecule has 3 nitrogen and oxygen atoms in total. The highest BCUT2D eigenvalue weighted by Crippen LogP contribution is 2.13. The van der Waals surface area contributed by atoms with Crippen LogP contribution in [0.2, 0.25) is 0 Å². The molecule has 0 bridgehead atoms. The minimum absolute atomic E-state index is 0. The van der Waals surface area contributed by atoms with Crippen LogP contribution in [0.15, 0.2) is 6.20 Å². The highest BCUT2D eigenvalue weighted by molar-refractivity contribution is 5.85. The molecule has 1 heterocycles. The van der Waals surface area contributed by atoms with Gasteiger partial charge in [0, 0.05) is 12.1 Å². The number of nitrogens with zero attached hydrogens (tertiary/aromatic N) is 2. The fourth-order valence-electron chi connectivity index (χ4n) is 1.20. The molecule has 5 heteroatoms. The van der Waals surface area contributed by atoms with Gasteiger partial charge in [0.2, 0.25) is 0 Å². The van der Waals surface area contributed by atoms with Crippen LogP contribution in [-0.2, 0) is 6.54 Å². The van der Waals surface area contributed by atoms with Crippen LogP contribution >= 0.6 is 12.4 Å². The predicted molar refractivity (Wildman–Crippen MR) is 59.0 cm³/mol. The number of hydrogen-bond acceptors (Lipinski definition) is 2. The normalized spacial score (nSPS) is 9.64. The van der Waals surface area contributed by atoms with E-state index in [2.05, 4.69) is 17.3 Å². The molecule has 0 fully saturated rings. The Morgan fingerprint density at radius 1 is 1.57 bits per heavy atom. The molecule has 0 aliphatic carbocycles. The highest BCUT2D eigenvalue weighted by Gasteiger charge is 2.05. The van der Waals surface area contributed by atoms with Crippen molar-refractivity contribution in [1.82, 2.24) is 9.78 Å². The smallest absolute Gasteiger partial charge is 0.127 e. The Balaban J connectivity index is 0.00000169. The highest BCUT2D eigenvalue weighted by atomic mass is 35.5. The number of nitrogens with one attached hydrogen (secondary N) is 1. The Bertz CT molecular complexity index is 263. The third kappa shape index (κ3) is 3.18. The maximum absolute atomic E-state index is 12.1. The molecule has 82 valence electrons. The zero-order chi connectivity index (χ0) is 9.68. The van der Waals surface area contributed by atoms with Gasteiger partial charge >= 0.3 is 0 Å². The first-order valence-electron chi connectivity index (χ1n) is 4.61. The Hall–Kier alpha value is -0.770. The average molecular weight is 222 g/mol. The van der Waals surface area contributed by atoms with E-state index in [-0.39, 0.29) is 19.1 Å². The zero-order valence-corrected chi connectivity index (χ0v) is 9.40. The molecule has 1 aromatic heterocycles. The summed E-state index contributed by atoms with van der Waals surface area (Å²) in [7, 11) is 0. The van der Waals surface area contributed by atoms with Crippen molar-refractivity contribution < 1.29 is 4.39 Å². The second kappa shape index (κ2) is 6.65. The van der Waals surface area contributed by atoms with Gasteiger partial charge in [-0.2, -0.15) is 5.10 Å².